The molecule has 1 aliphatic heterocycles. The van der Waals surface area contributed by atoms with Crippen LogP contribution in [-0.4, -0.2) is 82.3 Å². The van der Waals surface area contributed by atoms with E-state index < -0.39 is 5.92 Å². The zero-order valence-corrected chi connectivity index (χ0v) is 23.1. The molecule has 1 aromatic carbocycles. The number of aryl methyl sites for hydroxylation is 1. The van der Waals surface area contributed by atoms with Gasteiger partial charge in [-0.15, -0.1) is 0 Å². The van der Waals surface area contributed by atoms with Crippen molar-refractivity contribution in [3.8, 4) is 0 Å². The minimum absolute atomic E-state index is 0.0137. The van der Waals surface area contributed by atoms with E-state index in [2.05, 4.69) is 21.9 Å². The van der Waals surface area contributed by atoms with Crippen LogP contribution in [0.1, 0.15) is 61.4 Å². The molecule has 39 heavy (non-hydrogen) atoms. The Kier molecular flexibility index (Phi) is 8.05. The standard InChI is InChI=1S/C29H39F2N5O3/c1-19-14-25-23(15-22(19)28(38)35-12-11-34(20(2)17-35)10-4-5-13-39-3)26-24(27(37)33-25)16-32-36(26)18-21-6-8-29(30,31)9-7-21/h14-16,20-21H,4-13,17-18H2,1-3H3,(H,33,37)/t20-/m0/s1. The lowest BCUT2D eigenvalue weighted by molar-refractivity contribution is -0.0475. The Morgan fingerprint density at radius 3 is 2.67 bits per heavy atom. The van der Waals surface area contributed by atoms with Crippen molar-refractivity contribution in [2.75, 3.05) is 39.9 Å². The number of pyridine rings is 1. The molecule has 1 aliphatic carbocycles. The van der Waals surface area contributed by atoms with Gasteiger partial charge in [0.15, 0.2) is 0 Å². The molecule has 2 aromatic heterocycles. The van der Waals surface area contributed by atoms with E-state index in [0.717, 1.165) is 43.5 Å². The monoisotopic (exact) mass is 543 g/mol. The number of piperazine rings is 1. The molecule has 1 N–H and O–H groups in total. The van der Waals surface area contributed by atoms with Crippen molar-refractivity contribution in [2.45, 2.75) is 70.9 Å². The van der Waals surface area contributed by atoms with Crippen LogP contribution in [-0.2, 0) is 11.3 Å². The number of carbonyl (C=O) groups is 1. The van der Waals surface area contributed by atoms with Gasteiger partial charge >= 0.3 is 0 Å². The largest absolute Gasteiger partial charge is 0.385 e. The van der Waals surface area contributed by atoms with Crippen molar-refractivity contribution in [1.29, 1.82) is 0 Å². The highest BCUT2D eigenvalue weighted by molar-refractivity contribution is 6.07. The topological polar surface area (TPSA) is 83.5 Å². The van der Waals surface area contributed by atoms with Crippen molar-refractivity contribution >= 4 is 27.7 Å². The first-order valence-electron chi connectivity index (χ1n) is 14.1. The average Bonchev–Trinajstić information content (AvgIpc) is 3.32. The zero-order chi connectivity index (χ0) is 27.7. The third-order valence-corrected chi connectivity index (χ3v) is 8.55. The van der Waals surface area contributed by atoms with Gasteiger partial charge in [-0.3, -0.25) is 19.2 Å². The van der Waals surface area contributed by atoms with E-state index in [4.69, 9.17) is 4.74 Å². The minimum Gasteiger partial charge on any atom is -0.385 e. The van der Waals surface area contributed by atoms with Gasteiger partial charge in [0.25, 0.3) is 11.5 Å². The van der Waals surface area contributed by atoms with Crippen LogP contribution in [0.15, 0.2) is 23.1 Å². The number of benzene rings is 1. The predicted octanol–water partition coefficient (Wildman–Crippen LogP) is 4.58. The average molecular weight is 544 g/mol. The fourth-order valence-electron chi connectivity index (χ4n) is 6.17. The van der Waals surface area contributed by atoms with E-state index in [1.807, 2.05) is 24.0 Å². The molecule has 0 unspecified atom stereocenters. The Balaban J connectivity index is 1.40. The van der Waals surface area contributed by atoms with Crippen LogP contribution in [0.4, 0.5) is 8.78 Å². The van der Waals surface area contributed by atoms with Gasteiger partial charge in [-0.2, -0.15) is 5.10 Å². The minimum atomic E-state index is -2.59. The first-order chi connectivity index (χ1) is 18.7. The van der Waals surface area contributed by atoms with Crippen LogP contribution in [0.25, 0.3) is 21.8 Å². The fourth-order valence-corrected chi connectivity index (χ4v) is 6.17. The molecule has 1 saturated heterocycles. The van der Waals surface area contributed by atoms with Gasteiger partial charge < -0.3 is 14.6 Å². The second-order valence-electron chi connectivity index (χ2n) is 11.4. The van der Waals surface area contributed by atoms with Crippen LogP contribution < -0.4 is 5.56 Å². The molecule has 1 saturated carbocycles. The Morgan fingerprint density at radius 1 is 1.18 bits per heavy atom. The van der Waals surface area contributed by atoms with Gasteiger partial charge in [0, 0.05) is 69.7 Å². The highest BCUT2D eigenvalue weighted by atomic mass is 19.3. The maximum absolute atomic E-state index is 13.7. The van der Waals surface area contributed by atoms with E-state index in [0.29, 0.717) is 54.5 Å². The molecule has 1 atom stereocenters. The summed E-state index contributed by atoms with van der Waals surface area (Å²) in [5.41, 5.74) is 2.48. The Hall–Kier alpha value is -2.85. The summed E-state index contributed by atoms with van der Waals surface area (Å²) in [5.74, 6) is -2.53. The highest BCUT2D eigenvalue weighted by Crippen LogP contribution is 2.37. The number of aromatic nitrogens is 3. The van der Waals surface area contributed by atoms with Gasteiger partial charge in [0.1, 0.15) is 0 Å². The van der Waals surface area contributed by atoms with E-state index in [1.54, 1.807) is 18.0 Å². The molecule has 1 amide bonds. The van der Waals surface area contributed by atoms with Crippen molar-refractivity contribution in [3.05, 3.63) is 39.8 Å². The summed E-state index contributed by atoms with van der Waals surface area (Å²) in [5, 5.41) is 5.68. The Bertz CT molecular complexity index is 1390. The number of unbranched alkanes of at least 4 members (excludes halogenated alkanes) is 1. The summed E-state index contributed by atoms with van der Waals surface area (Å²) in [7, 11) is 1.72. The molecule has 2 fully saturated rings. The third-order valence-electron chi connectivity index (χ3n) is 8.55. The van der Waals surface area contributed by atoms with Crippen LogP contribution in [0.3, 0.4) is 0 Å². The van der Waals surface area contributed by atoms with Crippen LogP contribution in [0.5, 0.6) is 0 Å². The fraction of sp³-hybridized carbons (Fsp3) is 0.621. The van der Waals surface area contributed by atoms with Crippen molar-refractivity contribution in [1.82, 2.24) is 24.6 Å². The van der Waals surface area contributed by atoms with Crippen LogP contribution >= 0.6 is 0 Å². The third kappa shape index (κ3) is 5.87. The predicted molar refractivity (Wildman–Crippen MR) is 148 cm³/mol. The Morgan fingerprint density at radius 2 is 1.95 bits per heavy atom. The number of nitrogens with one attached hydrogen (secondary N) is 1. The summed E-state index contributed by atoms with van der Waals surface area (Å²) in [4.78, 5) is 33.9. The number of rotatable bonds is 8. The van der Waals surface area contributed by atoms with E-state index in [-0.39, 0.29) is 36.3 Å². The SMILES string of the molecule is COCCCCN1CCN(C(=O)c2cc3c(cc2C)[nH]c(=O)c2cnn(CC4CCC(F)(F)CC4)c23)C[C@@H]1C. The van der Waals surface area contributed by atoms with E-state index in [1.165, 1.54) is 0 Å². The number of nitrogens with zero attached hydrogens (tertiary/aromatic N) is 4. The van der Waals surface area contributed by atoms with Crippen LogP contribution in [0, 0.1) is 12.8 Å². The molecular formula is C29H39F2N5O3. The number of amides is 1. The number of methoxy groups -OCH3 is 1. The van der Waals surface area contributed by atoms with E-state index >= 15 is 0 Å². The smallest absolute Gasteiger partial charge is 0.259 e. The molecule has 0 spiro atoms. The zero-order valence-electron chi connectivity index (χ0n) is 23.1. The molecule has 3 heterocycles. The summed E-state index contributed by atoms with van der Waals surface area (Å²) in [6, 6.07) is 4.00. The molecule has 5 rings (SSSR count). The molecule has 2 aliphatic rings. The molecule has 0 bridgehead atoms. The number of carbonyl (C=O) groups excluding carboxylic acids is 1. The second kappa shape index (κ2) is 11.3. The number of hydrogen-bond donors (Lipinski definition) is 1. The van der Waals surface area contributed by atoms with Gasteiger partial charge in [0.05, 0.1) is 22.6 Å². The summed E-state index contributed by atoms with van der Waals surface area (Å²) < 4.78 is 34.3. The molecule has 212 valence electrons. The Labute approximate surface area is 227 Å². The summed E-state index contributed by atoms with van der Waals surface area (Å²) in [6.45, 7) is 8.44. The number of halogens is 2. The number of aromatic amines is 1. The first-order valence-corrected chi connectivity index (χ1v) is 14.1. The van der Waals surface area contributed by atoms with Gasteiger partial charge in [-0.25, -0.2) is 8.78 Å². The van der Waals surface area contributed by atoms with Gasteiger partial charge in [0.2, 0.25) is 5.92 Å². The first kappa shape index (κ1) is 27.7. The number of H-pyrrole nitrogens is 1. The summed E-state index contributed by atoms with van der Waals surface area (Å²) in [6.07, 6.45) is 4.26. The van der Waals surface area contributed by atoms with Gasteiger partial charge in [-0.05, 0) is 69.7 Å². The maximum Gasteiger partial charge on any atom is 0.259 e. The lowest BCUT2D eigenvalue weighted by Crippen LogP contribution is -2.53. The highest BCUT2D eigenvalue weighted by Gasteiger charge is 2.35. The molecule has 8 nitrogen and oxygen atoms in total. The van der Waals surface area contributed by atoms with Crippen molar-refractivity contribution < 1.29 is 18.3 Å². The quantitative estimate of drug-likeness (QED) is 0.421. The molecule has 0 radical (unpaired) electrons. The van der Waals surface area contributed by atoms with Crippen molar-refractivity contribution in [3.63, 3.8) is 0 Å². The number of fused-ring (bicyclic) bond motifs is 3. The number of hydrogen-bond acceptors (Lipinski definition) is 5. The molecule has 10 heteroatoms. The van der Waals surface area contributed by atoms with E-state index in [9.17, 15) is 18.4 Å². The van der Waals surface area contributed by atoms with Crippen molar-refractivity contribution in [2.24, 2.45) is 5.92 Å². The van der Waals surface area contributed by atoms with Crippen LogP contribution in [0.2, 0.25) is 0 Å². The summed E-state index contributed by atoms with van der Waals surface area (Å²) >= 11 is 0. The number of alkyl halides is 2. The lowest BCUT2D eigenvalue weighted by Gasteiger charge is -2.40. The second-order valence-corrected chi connectivity index (χ2v) is 11.4. The number of ether oxygens (including phenoxy) is 1. The molecular weight excluding hydrogens is 504 g/mol. The maximum atomic E-state index is 13.7. The van der Waals surface area contributed by atoms with Gasteiger partial charge in [-0.1, -0.05) is 0 Å². The normalized spacial score (nSPS) is 20.7. The molecule has 3 aromatic rings. The lowest BCUT2D eigenvalue weighted by atomic mass is 9.87.